The zero-order chi connectivity index (χ0) is 23.4. The van der Waals surface area contributed by atoms with Gasteiger partial charge in [0, 0.05) is 30.7 Å². The first-order valence-electron chi connectivity index (χ1n) is 10.7. The van der Waals surface area contributed by atoms with Crippen molar-refractivity contribution in [2.45, 2.75) is 25.9 Å². The number of rotatable bonds is 9. The normalized spacial score (nSPS) is 11.2. The van der Waals surface area contributed by atoms with Crippen molar-refractivity contribution in [3.05, 3.63) is 86.8 Å². The van der Waals surface area contributed by atoms with Gasteiger partial charge in [-0.2, -0.15) is 0 Å². The SMILES string of the molecule is COCCCCn1c(=O)c2cc(-c3ccc(OC)cc3)sc2n(Cc2ccccc2F)c1=O. The Bertz CT molecular complexity index is 1370. The van der Waals surface area contributed by atoms with Crippen LogP contribution in [0.4, 0.5) is 4.39 Å². The minimum atomic E-state index is -0.434. The van der Waals surface area contributed by atoms with Crippen LogP contribution in [-0.4, -0.2) is 30.0 Å². The van der Waals surface area contributed by atoms with Crippen LogP contribution in [-0.2, 0) is 17.8 Å². The quantitative estimate of drug-likeness (QED) is 0.339. The van der Waals surface area contributed by atoms with E-state index in [1.54, 1.807) is 32.4 Å². The molecule has 0 saturated carbocycles. The summed E-state index contributed by atoms with van der Waals surface area (Å²) in [4.78, 5) is 28.0. The maximum atomic E-state index is 14.4. The third-order valence-corrected chi connectivity index (χ3v) is 6.74. The summed E-state index contributed by atoms with van der Waals surface area (Å²) in [6.07, 6.45) is 1.36. The predicted molar refractivity (Wildman–Crippen MR) is 129 cm³/mol. The number of ether oxygens (including phenoxy) is 2. The molecule has 0 aliphatic rings. The third kappa shape index (κ3) is 4.77. The highest BCUT2D eigenvalue weighted by molar-refractivity contribution is 7.21. The second-order valence-electron chi connectivity index (χ2n) is 7.67. The zero-order valence-corrected chi connectivity index (χ0v) is 19.4. The first-order valence-corrected chi connectivity index (χ1v) is 11.5. The van der Waals surface area contributed by atoms with E-state index in [4.69, 9.17) is 9.47 Å². The van der Waals surface area contributed by atoms with Gasteiger partial charge >= 0.3 is 5.69 Å². The number of aromatic nitrogens is 2. The zero-order valence-electron chi connectivity index (χ0n) is 18.5. The summed E-state index contributed by atoms with van der Waals surface area (Å²) in [6.45, 7) is 0.880. The molecule has 2 aromatic heterocycles. The number of hydrogen-bond donors (Lipinski definition) is 0. The van der Waals surface area contributed by atoms with Gasteiger partial charge in [0.15, 0.2) is 0 Å². The average Bonchev–Trinajstić information content (AvgIpc) is 3.28. The van der Waals surface area contributed by atoms with Gasteiger partial charge < -0.3 is 9.47 Å². The van der Waals surface area contributed by atoms with Crippen LogP contribution < -0.4 is 16.0 Å². The molecule has 0 aliphatic carbocycles. The van der Waals surface area contributed by atoms with Crippen molar-refractivity contribution in [1.82, 2.24) is 9.13 Å². The van der Waals surface area contributed by atoms with Crippen molar-refractivity contribution >= 4 is 21.6 Å². The van der Waals surface area contributed by atoms with E-state index in [0.717, 1.165) is 22.6 Å². The number of fused-ring (bicyclic) bond motifs is 1. The van der Waals surface area contributed by atoms with E-state index in [9.17, 15) is 14.0 Å². The molecule has 33 heavy (non-hydrogen) atoms. The molecule has 0 spiro atoms. The van der Waals surface area contributed by atoms with Crippen LogP contribution in [0.1, 0.15) is 18.4 Å². The monoisotopic (exact) mass is 468 g/mol. The van der Waals surface area contributed by atoms with E-state index in [1.165, 1.54) is 26.5 Å². The topological polar surface area (TPSA) is 62.5 Å². The molecule has 8 heteroatoms. The fourth-order valence-electron chi connectivity index (χ4n) is 3.75. The van der Waals surface area contributed by atoms with Gasteiger partial charge in [-0.1, -0.05) is 18.2 Å². The summed E-state index contributed by atoms with van der Waals surface area (Å²) in [5.41, 5.74) is 0.544. The van der Waals surface area contributed by atoms with Crippen LogP contribution in [0.25, 0.3) is 20.7 Å². The summed E-state index contributed by atoms with van der Waals surface area (Å²) < 4.78 is 27.5. The van der Waals surface area contributed by atoms with E-state index in [2.05, 4.69) is 0 Å². The van der Waals surface area contributed by atoms with Gasteiger partial charge in [0.2, 0.25) is 0 Å². The van der Waals surface area contributed by atoms with Gasteiger partial charge in [0.05, 0.1) is 19.0 Å². The molecule has 2 heterocycles. The molecule has 0 N–H and O–H groups in total. The lowest BCUT2D eigenvalue weighted by atomic mass is 10.1. The second-order valence-corrected chi connectivity index (χ2v) is 8.71. The van der Waals surface area contributed by atoms with Gasteiger partial charge in [-0.15, -0.1) is 11.3 Å². The number of unbranched alkanes of at least 4 members (excludes halogenated alkanes) is 1. The summed E-state index contributed by atoms with van der Waals surface area (Å²) in [5.74, 6) is 0.345. The first-order chi connectivity index (χ1) is 16.0. The van der Waals surface area contributed by atoms with E-state index in [-0.39, 0.29) is 24.5 Å². The van der Waals surface area contributed by atoms with Crippen LogP contribution in [0.3, 0.4) is 0 Å². The highest BCUT2D eigenvalue weighted by Gasteiger charge is 2.18. The van der Waals surface area contributed by atoms with Gasteiger partial charge in [-0.05, 0) is 54.8 Å². The highest BCUT2D eigenvalue weighted by Crippen LogP contribution is 2.32. The van der Waals surface area contributed by atoms with E-state index < -0.39 is 5.69 Å². The van der Waals surface area contributed by atoms with Gasteiger partial charge in [-0.3, -0.25) is 13.9 Å². The lowest BCUT2D eigenvalue weighted by Crippen LogP contribution is -2.40. The molecule has 0 atom stereocenters. The number of halogens is 1. The number of thiophene rings is 1. The number of benzene rings is 2. The Morgan fingerprint density at radius 3 is 2.42 bits per heavy atom. The minimum absolute atomic E-state index is 0.0446. The molecule has 0 amide bonds. The number of hydrogen-bond acceptors (Lipinski definition) is 5. The van der Waals surface area contributed by atoms with Crippen molar-refractivity contribution in [1.29, 1.82) is 0 Å². The minimum Gasteiger partial charge on any atom is -0.497 e. The van der Waals surface area contributed by atoms with Crippen molar-refractivity contribution < 1.29 is 13.9 Å². The largest absolute Gasteiger partial charge is 0.497 e. The molecule has 4 aromatic rings. The van der Waals surface area contributed by atoms with Crippen molar-refractivity contribution in [2.24, 2.45) is 0 Å². The van der Waals surface area contributed by atoms with E-state index in [0.29, 0.717) is 28.8 Å². The highest BCUT2D eigenvalue weighted by atomic mass is 32.1. The Kier molecular flexibility index (Phi) is 7.05. The summed E-state index contributed by atoms with van der Waals surface area (Å²) >= 11 is 1.35. The van der Waals surface area contributed by atoms with Gasteiger partial charge in [-0.25, -0.2) is 9.18 Å². The van der Waals surface area contributed by atoms with E-state index >= 15 is 0 Å². The van der Waals surface area contributed by atoms with Crippen LogP contribution >= 0.6 is 11.3 Å². The van der Waals surface area contributed by atoms with Crippen molar-refractivity contribution in [2.75, 3.05) is 20.8 Å². The second kappa shape index (κ2) is 10.1. The first kappa shape index (κ1) is 22.9. The van der Waals surface area contributed by atoms with Crippen molar-refractivity contribution in [3.63, 3.8) is 0 Å². The average molecular weight is 469 g/mol. The Morgan fingerprint density at radius 2 is 1.73 bits per heavy atom. The maximum absolute atomic E-state index is 14.4. The summed E-state index contributed by atoms with van der Waals surface area (Å²) in [7, 11) is 3.22. The molecule has 0 aliphatic heterocycles. The number of methoxy groups -OCH3 is 2. The van der Waals surface area contributed by atoms with Crippen LogP contribution in [0.15, 0.2) is 64.2 Å². The molecule has 2 aromatic carbocycles. The Hall–Kier alpha value is -3.23. The Labute approximate surface area is 194 Å². The van der Waals surface area contributed by atoms with Crippen LogP contribution in [0, 0.1) is 5.82 Å². The fraction of sp³-hybridized carbons (Fsp3) is 0.280. The van der Waals surface area contributed by atoms with E-state index in [1.807, 2.05) is 30.3 Å². The lowest BCUT2D eigenvalue weighted by Gasteiger charge is -2.12. The molecule has 172 valence electrons. The van der Waals surface area contributed by atoms with Gasteiger partial charge in [0.1, 0.15) is 16.4 Å². The summed E-state index contributed by atoms with van der Waals surface area (Å²) in [6, 6.07) is 15.7. The van der Waals surface area contributed by atoms with Crippen LogP contribution in [0.2, 0.25) is 0 Å². The Balaban J connectivity index is 1.85. The molecule has 6 nitrogen and oxygen atoms in total. The smallest absolute Gasteiger partial charge is 0.332 e. The molecule has 4 rings (SSSR count). The van der Waals surface area contributed by atoms with Gasteiger partial charge in [0.25, 0.3) is 5.56 Å². The Morgan fingerprint density at radius 1 is 0.970 bits per heavy atom. The van der Waals surface area contributed by atoms with Crippen molar-refractivity contribution in [3.8, 4) is 16.2 Å². The summed E-state index contributed by atoms with van der Waals surface area (Å²) in [5, 5.41) is 0.452. The van der Waals surface area contributed by atoms with Crippen LogP contribution in [0.5, 0.6) is 5.75 Å². The molecular weight excluding hydrogens is 443 g/mol. The number of nitrogens with zero attached hydrogens (tertiary/aromatic N) is 2. The molecule has 0 saturated heterocycles. The fourth-order valence-corrected chi connectivity index (χ4v) is 4.90. The molecule has 0 bridgehead atoms. The predicted octanol–water partition coefficient (Wildman–Crippen LogP) is 4.51. The molecule has 0 fully saturated rings. The molecular formula is C25H25FN2O4S. The molecule has 0 radical (unpaired) electrons. The molecule has 0 unspecified atom stereocenters. The third-order valence-electron chi connectivity index (χ3n) is 5.54. The lowest BCUT2D eigenvalue weighted by molar-refractivity contribution is 0.191. The standard InChI is InChI=1S/C25H25FN2O4S/c1-31-14-6-5-13-27-23(29)20-15-22(17-9-11-19(32-2)12-10-17)33-24(20)28(25(27)30)16-18-7-3-4-8-21(18)26/h3-4,7-12,15H,5-6,13-14,16H2,1-2H3. The maximum Gasteiger partial charge on any atom is 0.332 e.